The Bertz CT molecular complexity index is 1310. The van der Waals surface area contributed by atoms with Gasteiger partial charge in [-0.05, 0) is 42.3 Å². The molecule has 9 heteroatoms. The number of aryl methyl sites for hydroxylation is 1. The first-order chi connectivity index (χ1) is 14.2. The normalized spacial score (nSPS) is 14.0. The lowest BCUT2D eigenvalue weighted by Gasteiger charge is -2.33. The van der Waals surface area contributed by atoms with Crippen LogP contribution in [0.5, 0.6) is 0 Å². The van der Waals surface area contributed by atoms with Crippen molar-refractivity contribution in [1.29, 1.82) is 0 Å². The first-order valence-corrected chi connectivity index (χ1v) is 11.7. The summed E-state index contributed by atoms with van der Waals surface area (Å²) in [6.45, 7) is 3.80. The summed E-state index contributed by atoms with van der Waals surface area (Å²) in [6, 6.07) is 14.9. The van der Waals surface area contributed by atoms with E-state index in [0.717, 1.165) is 22.7 Å². The summed E-state index contributed by atoms with van der Waals surface area (Å²) >= 11 is 6.14. The van der Waals surface area contributed by atoms with Crippen molar-refractivity contribution in [2.45, 2.75) is 25.8 Å². The van der Waals surface area contributed by atoms with E-state index in [2.05, 4.69) is 19.4 Å². The molecule has 0 aliphatic rings. The molecule has 4 aromatic rings. The molecule has 30 heavy (non-hydrogen) atoms. The molecule has 0 bridgehead atoms. The molecule has 0 amide bonds. The van der Waals surface area contributed by atoms with Crippen LogP contribution in [0.4, 0.5) is 5.69 Å². The summed E-state index contributed by atoms with van der Waals surface area (Å²) in [5, 5.41) is 5.65. The lowest BCUT2D eigenvalue weighted by Crippen LogP contribution is -2.36. The number of anilines is 1. The SMILES string of the molecule is CCC(c1ccc(Cl)cc1)(c1noc(C)n1)n1ccc2c(NS(C)(=O)=O)cccc21. The number of nitrogens with zero attached hydrogens (tertiary/aromatic N) is 3. The molecule has 1 atom stereocenters. The van der Waals surface area contributed by atoms with Crippen LogP contribution in [0.25, 0.3) is 10.9 Å². The molecule has 0 spiro atoms. The highest BCUT2D eigenvalue weighted by Gasteiger charge is 2.40. The van der Waals surface area contributed by atoms with Gasteiger partial charge in [-0.3, -0.25) is 4.72 Å². The average molecular weight is 445 g/mol. The molecule has 2 aromatic heterocycles. The minimum absolute atomic E-state index is 0.465. The van der Waals surface area contributed by atoms with Gasteiger partial charge in [0.25, 0.3) is 0 Å². The molecular weight excluding hydrogens is 424 g/mol. The van der Waals surface area contributed by atoms with E-state index < -0.39 is 15.6 Å². The fourth-order valence-corrected chi connectivity index (χ4v) is 4.59. The van der Waals surface area contributed by atoms with Crippen LogP contribution in [0.3, 0.4) is 0 Å². The van der Waals surface area contributed by atoms with Gasteiger partial charge in [0.15, 0.2) is 0 Å². The van der Waals surface area contributed by atoms with Crippen LogP contribution < -0.4 is 4.72 Å². The van der Waals surface area contributed by atoms with Gasteiger partial charge < -0.3 is 9.09 Å². The third-order valence-electron chi connectivity index (χ3n) is 5.17. The van der Waals surface area contributed by atoms with Gasteiger partial charge in [-0.15, -0.1) is 0 Å². The zero-order valence-corrected chi connectivity index (χ0v) is 18.3. The Morgan fingerprint density at radius 1 is 1.17 bits per heavy atom. The number of aromatic nitrogens is 3. The summed E-state index contributed by atoms with van der Waals surface area (Å²) in [5.74, 6) is 0.983. The standard InChI is InChI=1S/C21H21ClN4O3S/c1-4-21(20-23-14(2)29-24-20,15-8-10-16(22)11-9-15)26-13-12-17-18(25-30(3,27)28)6-5-7-19(17)26/h5-13,25H,4H2,1-3H3. The van der Waals surface area contributed by atoms with Crippen molar-refractivity contribution in [2.24, 2.45) is 0 Å². The largest absolute Gasteiger partial charge is 0.340 e. The van der Waals surface area contributed by atoms with Gasteiger partial charge in [0.2, 0.25) is 21.7 Å². The van der Waals surface area contributed by atoms with Crippen molar-refractivity contribution >= 4 is 38.2 Å². The number of hydrogen-bond donors (Lipinski definition) is 1. The predicted molar refractivity (Wildman–Crippen MR) is 117 cm³/mol. The van der Waals surface area contributed by atoms with Crippen molar-refractivity contribution in [3.8, 4) is 0 Å². The maximum absolute atomic E-state index is 11.8. The van der Waals surface area contributed by atoms with E-state index in [4.69, 9.17) is 16.1 Å². The molecule has 0 radical (unpaired) electrons. The van der Waals surface area contributed by atoms with E-state index in [-0.39, 0.29) is 0 Å². The monoisotopic (exact) mass is 444 g/mol. The minimum Gasteiger partial charge on any atom is -0.340 e. The van der Waals surface area contributed by atoms with E-state index in [0.29, 0.717) is 28.8 Å². The van der Waals surface area contributed by atoms with Gasteiger partial charge in [0, 0.05) is 23.5 Å². The number of sulfonamides is 1. The Morgan fingerprint density at radius 2 is 1.90 bits per heavy atom. The van der Waals surface area contributed by atoms with Crippen molar-refractivity contribution in [1.82, 2.24) is 14.7 Å². The van der Waals surface area contributed by atoms with Gasteiger partial charge in [-0.2, -0.15) is 4.98 Å². The lowest BCUT2D eigenvalue weighted by molar-refractivity contribution is 0.348. The van der Waals surface area contributed by atoms with Gasteiger partial charge in [-0.25, -0.2) is 8.42 Å². The first kappa shape index (κ1) is 20.4. The van der Waals surface area contributed by atoms with Crippen molar-refractivity contribution < 1.29 is 12.9 Å². The average Bonchev–Trinajstić information content (AvgIpc) is 3.31. The van der Waals surface area contributed by atoms with Crippen molar-refractivity contribution in [3.05, 3.63) is 77.0 Å². The smallest absolute Gasteiger partial charge is 0.229 e. The molecule has 156 valence electrons. The molecular formula is C21H21ClN4O3S. The second kappa shape index (κ2) is 7.45. The number of rotatable bonds is 6. The summed E-state index contributed by atoms with van der Waals surface area (Å²) in [5.41, 5.74) is 1.52. The van der Waals surface area contributed by atoms with Gasteiger partial charge in [0.1, 0.15) is 5.54 Å². The summed E-state index contributed by atoms with van der Waals surface area (Å²) in [4.78, 5) is 4.55. The molecule has 0 aliphatic heterocycles. The van der Waals surface area contributed by atoms with E-state index in [9.17, 15) is 8.42 Å². The van der Waals surface area contributed by atoms with Crippen molar-refractivity contribution in [3.63, 3.8) is 0 Å². The molecule has 1 N–H and O–H groups in total. The molecule has 2 aromatic carbocycles. The Morgan fingerprint density at radius 3 is 2.50 bits per heavy atom. The van der Waals surface area contributed by atoms with E-state index in [1.807, 2.05) is 55.6 Å². The number of nitrogens with one attached hydrogen (secondary N) is 1. The van der Waals surface area contributed by atoms with Crippen LogP contribution in [0, 0.1) is 6.92 Å². The molecule has 0 saturated heterocycles. The quantitative estimate of drug-likeness (QED) is 0.470. The molecule has 7 nitrogen and oxygen atoms in total. The maximum atomic E-state index is 11.8. The Kier molecular flexibility index (Phi) is 5.07. The second-order valence-corrected chi connectivity index (χ2v) is 9.34. The van der Waals surface area contributed by atoms with E-state index in [1.54, 1.807) is 13.0 Å². The Labute approximate surface area is 179 Å². The highest BCUT2D eigenvalue weighted by atomic mass is 35.5. The molecule has 2 heterocycles. The highest BCUT2D eigenvalue weighted by molar-refractivity contribution is 7.92. The minimum atomic E-state index is -3.42. The fraction of sp³-hybridized carbons (Fsp3) is 0.238. The van der Waals surface area contributed by atoms with Crippen LogP contribution in [0.15, 0.2) is 59.3 Å². The summed E-state index contributed by atoms with van der Waals surface area (Å²) < 4.78 is 33.6. The third-order valence-corrected chi connectivity index (χ3v) is 6.01. The fourth-order valence-electron chi connectivity index (χ4n) is 3.89. The molecule has 1 unspecified atom stereocenters. The topological polar surface area (TPSA) is 90.0 Å². The zero-order valence-electron chi connectivity index (χ0n) is 16.8. The van der Waals surface area contributed by atoms with Gasteiger partial charge >= 0.3 is 0 Å². The van der Waals surface area contributed by atoms with Gasteiger partial charge in [-0.1, -0.05) is 41.9 Å². The maximum Gasteiger partial charge on any atom is 0.229 e. The number of benzene rings is 2. The highest BCUT2D eigenvalue weighted by Crippen LogP contribution is 2.40. The zero-order chi connectivity index (χ0) is 21.5. The summed E-state index contributed by atoms with van der Waals surface area (Å²) in [6.07, 6.45) is 3.68. The first-order valence-electron chi connectivity index (χ1n) is 9.40. The van der Waals surface area contributed by atoms with E-state index in [1.165, 1.54) is 0 Å². The van der Waals surface area contributed by atoms with Crippen LogP contribution >= 0.6 is 11.6 Å². The molecule has 0 saturated carbocycles. The Hall–Kier alpha value is -2.84. The predicted octanol–water partition coefficient (Wildman–Crippen LogP) is 4.56. The number of fused-ring (bicyclic) bond motifs is 1. The lowest BCUT2D eigenvalue weighted by atomic mass is 9.85. The van der Waals surface area contributed by atoms with Crippen LogP contribution in [0.1, 0.15) is 30.6 Å². The number of halogens is 1. The summed E-state index contributed by atoms with van der Waals surface area (Å²) in [7, 11) is -3.42. The van der Waals surface area contributed by atoms with E-state index >= 15 is 0 Å². The molecule has 0 aliphatic carbocycles. The molecule has 4 rings (SSSR count). The van der Waals surface area contributed by atoms with Crippen LogP contribution in [-0.4, -0.2) is 29.4 Å². The van der Waals surface area contributed by atoms with Gasteiger partial charge in [0.05, 0.1) is 17.5 Å². The molecule has 0 fully saturated rings. The third kappa shape index (κ3) is 3.46. The number of hydrogen-bond acceptors (Lipinski definition) is 5. The Balaban J connectivity index is 2.02. The van der Waals surface area contributed by atoms with Crippen LogP contribution in [-0.2, 0) is 15.6 Å². The second-order valence-electron chi connectivity index (χ2n) is 7.16. The van der Waals surface area contributed by atoms with Crippen molar-refractivity contribution in [2.75, 3.05) is 11.0 Å². The van der Waals surface area contributed by atoms with Crippen LogP contribution in [0.2, 0.25) is 5.02 Å².